The molecule has 88 valence electrons. The van der Waals surface area contributed by atoms with Crippen molar-refractivity contribution in [2.45, 2.75) is 17.9 Å². The molecule has 1 rings (SSSR count). The van der Waals surface area contributed by atoms with Crippen LogP contribution in [0, 0.1) is 0 Å². The number of halogens is 3. The van der Waals surface area contributed by atoms with Crippen LogP contribution in [0.25, 0.3) is 0 Å². The highest BCUT2D eigenvalue weighted by Gasteiger charge is 2.09. The number of hydrogen-bond acceptors (Lipinski definition) is 3. The molecule has 0 aliphatic heterocycles. The lowest BCUT2D eigenvalue weighted by Gasteiger charge is -2.08. The van der Waals surface area contributed by atoms with Crippen molar-refractivity contribution < 1.29 is 18.3 Å². The number of Topliss-reactive ketones (excluding diaryl/α,β-unsaturated/α-hetero) is 1. The van der Waals surface area contributed by atoms with E-state index in [4.69, 9.17) is 0 Å². The highest BCUT2D eigenvalue weighted by molar-refractivity contribution is 9.09. The van der Waals surface area contributed by atoms with Gasteiger partial charge in [0, 0.05) is 11.3 Å². The van der Waals surface area contributed by atoms with Crippen LogP contribution in [-0.4, -0.2) is 17.7 Å². The number of carbonyl (C=O) groups excluding carboxylic acids is 1. The van der Waals surface area contributed by atoms with Gasteiger partial charge >= 0.3 is 6.61 Å². The van der Waals surface area contributed by atoms with Crippen LogP contribution in [-0.2, 0) is 11.2 Å². The summed E-state index contributed by atoms with van der Waals surface area (Å²) >= 11 is 7.06. The van der Waals surface area contributed by atoms with E-state index in [0.717, 1.165) is 5.56 Å². The van der Waals surface area contributed by atoms with E-state index in [-0.39, 0.29) is 23.3 Å². The fraction of sp³-hybridized carbons (Fsp3) is 0.300. The van der Waals surface area contributed by atoms with Crippen molar-refractivity contribution in [3.05, 3.63) is 23.8 Å². The van der Waals surface area contributed by atoms with Gasteiger partial charge in [0.2, 0.25) is 0 Å². The van der Waals surface area contributed by atoms with E-state index in [1.54, 1.807) is 12.1 Å². The average Bonchev–Trinajstić information content (AvgIpc) is 2.21. The quantitative estimate of drug-likeness (QED) is 0.668. The van der Waals surface area contributed by atoms with E-state index in [1.807, 2.05) is 0 Å². The fourth-order valence-corrected chi connectivity index (χ4v) is 1.63. The molecule has 0 saturated heterocycles. The molecule has 1 aromatic rings. The maximum absolute atomic E-state index is 11.9. The van der Waals surface area contributed by atoms with Crippen LogP contribution in [0.1, 0.15) is 5.56 Å². The molecule has 16 heavy (non-hydrogen) atoms. The first-order chi connectivity index (χ1) is 7.52. The molecule has 0 bridgehead atoms. The molecule has 0 aliphatic carbocycles. The molecule has 1 aromatic carbocycles. The summed E-state index contributed by atoms with van der Waals surface area (Å²) in [6.07, 6.45) is 0.244. The number of ether oxygens (including phenoxy) is 1. The van der Waals surface area contributed by atoms with Crippen molar-refractivity contribution in [3.8, 4) is 5.75 Å². The summed E-state index contributed by atoms with van der Waals surface area (Å²) in [7, 11) is 0. The summed E-state index contributed by atoms with van der Waals surface area (Å²) in [5.74, 6) is 0.0173. The van der Waals surface area contributed by atoms with E-state index in [0.29, 0.717) is 4.90 Å². The summed E-state index contributed by atoms with van der Waals surface area (Å²) < 4.78 is 28.1. The topological polar surface area (TPSA) is 26.3 Å². The van der Waals surface area contributed by atoms with E-state index in [9.17, 15) is 13.6 Å². The van der Waals surface area contributed by atoms with E-state index >= 15 is 0 Å². The highest BCUT2D eigenvalue weighted by atomic mass is 79.9. The molecular formula is C10H9BrF2O2S. The second-order valence-electron chi connectivity index (χ2n) is 3.03. The minimum absolute atomic E-state index is 0.00775. The van der Waals surface area contributed by atoms with E-state index in [2.05, 4.69) is 33.3 Å². The minimum atomic E-state index is -2.87. The van der Waals surface area contributed by atoms with Crippen molar-refractivity contribution in [2.24, 2.45) is 0 Å². The number of rotatable bonds is 5. The van der Waals surface area contributed by atoms with Gasteiger partial charge in [-0.15, -0.1) is 12.6 Å². The van der Waals surface area contributed by atoms with Crippen LogP contribution in [0.3, 0.4) is 0 Å². The lowest BCUT2D eigenvalue weighted by molar-refractivity contribution is -0.115. The largest absolute Gasteiger partial charge is 0.434 e. The smallest absolute Gasteiger partial charge is 0.387 e. The maximum atomic E-state index is 11.9. The molecule has 0 N–H and O–H groups in total. The molecule has 0 aliphatic rings. The van der Waals surface area contributed by atoms with Crippen LogP contribution < -0.4 is 4.74 Å². The van der Waals surface area contributed by atoms with Gasteiger partial charge in [0.1, 0.15) is 11.5 Å². The first-order valence-electron chi connectivity index (χ1n) is 4.37. The van der Waals surface area contributed by atoms with Crippen LogP contribution in [0.15, 0.2) is 23.1 Å². The number of thiol groups is 1. The first kappa shape index (κ1) is 13.4. The Labute approximate surface area is 106 Å². The first-order valence-corrected chi connectivity index (χ1v) is 5.94. The summed E-state index contributed by atoms with van der Waals surface area (Å²) in [4.78, 5) is 11.4. The second kappa shape index (κ2) is 6.20. The van der Waals surface area contributed by atoms with Gasteiger partial charge in [-0.2, -0.15) is 8.78 Å². The zero-order valence-corrected chi connectivity index (χ0v) is 10.6. The van der Waals surface area contributed by atoms with Crippen LogP contribution >= 0.6 is 28.6 Å². The van der Waals surface area contributed by atoms with Crippen molar-refractivity contribution in [1.82, 2.24) is 0 Å². The third-order valence-corrected chi connectivity index (χ3v) is 2.76. The molecule has 0 amide bonds. The van der Waals surface area contributed by atoms with Gasteiger partial charge in [-0.25, -0.2) is 0 Å². The standard InChI is InChI=1S/C10H9BrF2O2S/c11-5-7(14)3-6-1-2-8(9(16)4-6)15-10(12)13/h1-2,4,10,16H,3,5H2. The third-order valence-electron chi connectivity index (χ3n) is 1.79. The lowest BCUT2D eigenvalue weighted by Crippen LogP contribution is -2.05. The Morgan fingerprint density at radius 2 is 2.19 bits per heavy atom. The molecule has 0 atom stereocenters. The van der Waals surface area contributed by atoms with Crippen molar-refractivity contribution in [3.63, 3.8) is 0 Å². The fourth-order valence-electron chi connectivity index (χ4n) is 1.14. The normalized spacial score (nSPS) is 10.6. The molecule has 0 heterocycles. The molecule has 0 radical (unpaired) electrons. The maximum Gasteiger partial charge on any atom is 0.387 e. The highest BCUT2D eigenvalue weighted by Crippen LogP contribution is 2.25. The zero-order valence-electron chi connectivity index (χ0n) is 8.12. The average molecular weight is 311 g/mol. The number of ketones is 1. The van der Waals surface area contributed by atoms with Crippen molar-refractivity contribution >= 4 is 34.3 Å². The predicted molar refractivity (Wildman–Crippen MR) is 62.8 cm³/mol. The Morgan fingerprint density at radius 3 is 2.69 bits per heavy atom. The number of carbonyl (C=O) groups is 1. The number of alkyl halides is 3. The number of benzene rings is 1. The van der Waals surface area contributed by atoms with Crippen LogP contribution in [0.2, 0.25) is 0 Å². The van der Waals surface area contributed by atoms with Gasteiger partial charge in [0.05, 0.1) is 5.33 Å². The van der Waals surface area contributed by atoms with E-state index in [1.165, 1.54) is 6.07 Å². The Kier molecular flexibility index (Phi) is 5.21. The molecule has 0 aromatic heterocycles. The minimum Gasteiger partial charge on any atom is -0.434 e. The zero-order chi connectivity index (χ0) is 12.1. The SMILES string of the molecule is O=C(CBr)Cc1ccc(OC(F)F)c(S)c1. The van der Waals surface area contributed by atoms with Crippen LogP contribution in [0.5, 0.6) is 5.75 Å². The predicted octanol–water partition coefficient (Wildman–Crippen LogP) is 3.08. The number of hydrogen-bond donors (Lipinski definition) is 1. The Balaban J connectivity index is 2.78. The monoisotopic (exact) mass is 310 g/mol. The van der Waals surface area contributed by atoms with Crippen LogP contribution in [0.4, 0.5) is 8.78 Å². The summed E-state index contributed by atoms with van der Waals surface area (Å²) in [5, 5.41) is 0.268. The Morgan fingerprint density at radius 1 is 1.50 bits per heavy atom. The summed E-state index contributed by atoms with van der Waals surface area (Å²) in [5.41, 5.74) is 0.719. The molecule has 0 spiro atoms. The van der Waals surface area contributed by atoms with Gasteiger partial charge in [0.15, 0.2) is 0 Å². The van der Waals surface area contributed by atoms with Crippen molar-refractivity contribution in [2.75, 3.05) is 5.33 Å². The molecule has 0 fully saturated rings. The van der Waals surface area contributed by atoms with Gasteiger partial charge in [-0.1, -0.05) is 22.0 Å². The van der Waals surface area contributed by atoms with Gasteiger partial charge < -0.3 is 4.74 Å². The second-order valence-corrected chi connectivity index (χ2v) is 4.07. The van der Waals surface area contributed by atoms with Gasteiger partial charge in [0.25, 0.3) is 0 Å². The lowest BCUT2D eigenvalue weighted by atomic mass is 10.1. The molecule has 0 unspecified atom stereocenters. The molecular weight excluding hydrogens is 302 g/mol. The van der Waals surface area contributed by atoms with E-state index < -0.39 is 6.61 Å². The third kappa shape index (κ3) is 4.09. The Bertz CT molecular complexity index is 385. The molecule has 6 heteroatoms. The summed E-state index contributed by atoms with van der Waals surface area (Å²) in [6, 6.07) is 4.49. The Hall–Kier alpha value is -0.620. The molecule has 2 nitrogen and oxygen atoms in total. The summed E-state index contributed by atoms with van der Waals surface area (Å²) in [6.45, 7) is -2.87. The van der Waals surface area contributed by atoms with Gasteiger partial charge in [-0.05, 0) is 17.7 Å². The molecule has 0 saturated carbocycles. The van der Waals surface area contributed by atoms with Gasteiger partial charge in [-0.3, -0.25) is 4.79 Å². The van der Waals surface area contributed by atoms with Crippen molar-refractivity contribution in [1.29, 1.82) is 0 Å².